The lowest BCUT2D eigenvalue weighted by atomic mass is 9.93. The number of hydrogen-bond donors (Lipinski definition) is 3. The maximum Gasteiger partial charge on any atom is 0.191 e. The number of aliphatic imine (C=N–C) groups is 1. The Morgan fingerprint density at radius 2 is 1.83 bits per heavy atom. The number of aliphatic hydroxyl groups is 1. The Balaban J connectivity index is 2.59. The average molecular weight is 355 g/mol. The molecule has 0 spiro atoms. The van der Waals surface area contributed by atoms with Crippen LogP contribution in [-0.4, -0.2) is 41.3 Å². The third-order valence-corrected chi connectivity index (χ3v) is 5.08. The van der Waals surface area contributed by atoms with Crippen molar-refractivity contribution in [1.29, 1.82) is 0 Å². The van der Waals surface area contributed by atoms with Gasteiger partial charge >= 0.3 is 0 Å². The Hall–Kier alpha value is -1.14. The molecule has 1 aromatic rings. The first-order chi connectivity index (χ1) is 11.4. The van der Waals surface area contributed by atoms with Crippen LogP contribution < -0.4 is 10.6 Å². The zero-order valence-corrected chi connectivity index (χ0v) is 16.7. The third-order valence-electron chi connectivity index (χ3n) is 3.95. The number of aromatic nitrogens is 1. The van der Waals surface area contributed by atoms with Crippen molar-refractivity contribution in [2.75, 3.05) is 19.6 Å². The topological polar surface area (TPSA) is 69.5 Å². The van der Waals surface area contributed by atoms with E-state index >= 15 is 0 Å². The molecular weight excluding hydrogens is 320 g/mol. The highest BCUT2D eigenvalue weighted by Crippen LogP contribution is 2.20. The first-order valence-electron chi connectivity index (χ1n) is 9.11. The van der Waals surface area contributed by atoms with E-state index in [1.165, 1.54) is 4.88 Å². The van der Waals surface area contributed by atoms with Crippen LogP contribution >= 0.6 is 11.3 Å². The molecule has 0 radical (unpaired) electrons. The minimum Gasteiger partial charge on any atom is -0.388 e. The lowest BCUT2D eigenvalue weighted by Crippen LogP contribution is -2.40. The first kappa shape index (κ1) is 20.9. The van der Waals surface area contributed by atoms with Crippen molar-refractivity contribution in [3.63, 3.8) is 0 Å². The van der Waals surface area contributed by atoms with E-state index in [1.807, 2.05) is 6.92 Å². The number of nitrogens with zero attached hydrogens (tertiary/aromatic N) is 2. The molecule has 24 heavy (non-hydrogen) atoms. The molecule has 0 amide bonds. The van der Waals surface area contributed by atoms with Crippen LogP contribution in [0.1, 0.15) is 62.0 Å². The molecule has 138 valence electrons. The zero-order chi connectivity index (χ0) is 18.0. The average Bonchev–Trinajstić information content (AvgIpc) is 2.83. The molecule has 0 bridgehead atoms. The molecule has 0 aromatic carbocycles. The molecule has 0 aliphatic carbocycles. The maximum absolute atomic E-state index is 10.7. The summed E-state index contributed by atoms with van der Waals surface area (Å²) in [5.41, 5.74) is 0.443. The Morgan fingerprint density at radius 3 is 2.33 bits per heavy atom. The molecule has 1 rings (SSSR count). The first-order valence-corrected chi connectivity index (χ1v) is 9.93. The van der Waals surface area contributed by atoms with Gasteiger partial charge in [-0.3, -0.25) is 4.99 Å². The van der Waals surface area contributed by atoms with Crippen LogP contribution in [0.15, 0.2) is 4.99 Å². The van der Waals surface area contributed by atoms with E-state index in [0.717, 1.165) is 61.9 Å². The van der Waals surface area contributed by atoms with Gasteiger partial charge in [0.2, 0.25) is 0 Å². The monoisotopic (exact) mass is 354 g/mol. The normalized spacial score (nSPS) is 12.5. The van der Waals surface area contributed by atoms with Gasteiger partial charge in [0.05, 0.1) is 22.8 Å². The van der Waals surface area contributed by atoms with Crippen LogP contribution in [0.25, 0.3) is 0 Å². The Morgan fingerprint density at radius 1 is 1.17 bits per heavy atom. The molecule has 0 fully saturated rings. The largest absolute Gasteiger partial charge is 0.388 e. The summed E-state index contributed by atoms with van der Waals surface area (Å²) < 4.78 is 0. The molecule has 6 heteroatoms. The van der Waals surface area contributed by atoms with Crippen LogP contribution in [0.5, 0.6) is 0 Å². The van der Waals surface area contributed by atoms with E-state index in [0.29, 0.717) is 6.54 Å². The molecule has 1 aromatic heterocycles. The maximum atomic E-state index is 10.7. The fourth-order valence-electron chi connectivity index (χ4n) is 2.88. The van der Waals surface area contributed by atoms with Crippen molar-refractivity contribution in [1.82, 2.24) is 15.6 Å². The van der Waals surface area contributed by atoms with Gasteiger partial charge in [-0.1, -0.05) is 26.7 Å². The van der Waals surface area contributed by atoms with Gasteiger partial charge in [0.1, 0.15) is 0 Å². The van der Waals surface area contributed by atoms with Crippen LogP contribution in [-0.2, 0) is 6.42 Å². The second-order valence-electron chi connectivity index (χ2n) is 6.34. The van der Waals surface area contributed by atoms with Gasteiger partial charge in [0.15, 0.2) is 5.96 Å². The minimum atomic E-state index is -0.683. The summed E-state index contributed by atoms with van der Waals surface area (Å²) in [4.78, 5) is 10.4. The van der Waals surface area contributed by atoms with Gasteiger partial charge in [0, 0.05) is 24.4 Å². The van der Waals surface area contributed by atoms with E-state index in [1.54, 1.807) is 11.3 Å². The van der Waals surface area contributed by atoms with Gasteiger partial charge in [0.25, 0.3) is 0 Å². The van der Waals surface area contributed by atoms with Crippen molar-refractivity contribution < 1.29 is 5.11 Å². The third kappa shape index (κ3) is 7.18. The molecule has 1 heterocycles. The van der Waals surface area contributed by atoms with E-state index in [4.69, 9.17) is 0 Å². The summed E-state index contributed by atoms with van der Waals surface area (Å²) >= 11 is 1.76. The quantitative estimate of drug-likeness (QED) is 0.446. The Labute approximate surface area is 151 Å². The van der Waals surface area contributed by atoms with Crippen molar-refractivity contribution in [2.24, 2.45) is 4.99 Å². The van der Waals surface area contributed by atoms with Gasteiger partial charge in [-0.05, 0) is 33.6 Å². The molecule has 0 atom stereocenters. The lowest BCUT2D eigenvalue weighted by molar-refractivity contribution is 0.0306. The smallest absolute Gasteiger partial charge is 0.191 e. The van der Waals surface area contributed by atoms with Gasteiger partial charge in [-0.15, -0.1) is 11.3 Å². The highest BCUT2D eigenvalue weighted by molar-refractivity contribution is 7.11. The van der Waals surface area contributed by atoms with Crippen molar-refractivity contribution in [3.05, 3.63) is 15.6 Å². The molecule has 3 N–H and O–H groups in total. The second kappa shape index (κ2) is 10.7. The minimum absolute atomic E-state index is 0.447. The van der Waals surface area contributed by atoms with Crippen molar-refractivity contribution in [3.8, 4) is 0 Å². The van der Waals surface area contributed by atoms with Crippen LogP contribution in [0.2, 0.25) is 0 Å². The Kier molecular flexibility index (Phi) is 9.29. The fourth-order valence-corrected chi connectivity index (χ4v) is 3.82. The van der Waals surface area contributed by atoms with Crippen LogP contribution in [0, 0.1) is 13.8 Å². The van der Waals surface area contributed by atoms with E-state index in [-0.39, 0.29) is 0 Å². The van der Waals surface area contributed by atoms with Crippen LogP contribution in [0.4, 0.5) is 0 Å². The van der Waals surface area contributed by atoms with Crippen molar-refractivity contribution >= 4 is 17.3 Å². The predicted molar refractivity (Wildman–Crippen MR) is 104 cm³/mol. The number of guanidine groups is 1. The number of hydrogen-bond acceptors (Lipinski definition) is 4. The molecule has 5 nitrogen and oxygen atoms in total. The zero-order valence-electron chi connectivity index (χ0n) is 15.9. The predicted octanol–water partition coefficient (Wildman–Crippen LogP) is 3.19. The molecule has 0 aliphatic rings. The van der Waals surface area contributed by atoms with Crippen LogP contribution in [0.3, 0.4) is 0 Å². The highest BCUT2D eigenvalue weighted by atomic mass is 32.1. The van der Waals surface area contributed by atoms with Gasteiger partial charge < -0.3 is 15.7 Å². The molecular formula is C18H34N4OS. The summed E-state index contributed by atoms with van der Waals surface area (Å²) in [5, 5.41) is 18.4. The molecule has 0 aliphatic heterocycles. The number of nitrogens with one attached hydrogen (secondary N) is 2. The number of rotatable bonds is 10. The van der Waals surface area contributed by atoms with E-state index in [9.17, 15) is 5.11 Å². The van der Waals surface area contributed by atoms with Gasteiger partial charge in [-0.25, -0.2) is 4.98 Å². The summed E-state index contributed by atoms with van der Waals surface area (Å²) in [5.74, 6) is 0.780. The number of aryl methyl sites for hydroxylation is 2. The standard InChI is InChI=1S/C18H34N4OS/c1-6-10-18(23,11-7-2)13-21-17(19-8-3)20-12-9-16-14(4)22-15(5)24-16/h23H,6-13H2,1-5H3,(H2,19,20,21). The molecule has 0 saturated carbocycles. The van der Waals surface area contributed by atoms with E-state index < -0.39 is 5.60 Å². The summed E-state index contributed by atoms with van der Waals surface area (Å²) in [7, 11) is 0. The summed E-state index contributed by atoms with van der Waals surface area (Å²) in [6, 6.07) is 0. The Bertz CT molecular complexity index is 507. The summed E-state index contributed by atoms with van der Waals surface area (Å²) in [6.45, 7) is 12.4. The SMILES string of the molecule is CCCC(O)(CCC)CN=C(NCC)NCCc1sc(C)nc1C. The molecule has 0 unspecified atom stereocenters. The highest BCUT2D eigenvalue weighted by Gasteiger charge is 2.24. The number of thiazole rings is 1. The van der Waals surface area contributed by atoms with E-state index in [2.05, 4.69) is 48.3 Å². The van der Waals surface area contributed by atoms with Crippen molar-refractivity contribution in [2.45, 2.75) is 72.3 Å². The lowest BCUT2D eigenvalue weighted by Gasteiger charge is -2.26. The van der Waals surface area contributed by atoms with Gasteiger partial charge in [-0.2, -0.15) is 0 Å². The fraction of sp³-hybridized carbons (Fsp3) is 0.778. The summed E-state index contributed by atoms with van der Waals surface area (Å²) in [6.07, 6.45) is 4.47. The molecule has 0 saturated heterocycles. The second-order valence-corrected chi connectivity index (χ2v) is 7.63.